The lowest BCUT2D eigenvalue weighted by Gasteiger charge is -2.18. The standard InChI is InChI=1S/C9H15N3O4S/c1-6-11-16-8(15)12(6)3-4-17-5-9(2,10)7(13)14/h3-5,10H2,1-2H3,(H,13,14). The minimum Gasteiger partial charge on any atom is -0.480 e. The lowest BCUT2D eigenvalue weighted by atomic mass is 10.1. The maximum Gasteiger partial charge on any atom is 0.441 e. The van der Waals surface area contributed by atoms with E-state index in [0.717, 1.165) is 0 Å². The van der Waals surface area contributed by atoms with Crippen molar-refractivity contribution in [1.82, 2.24) is 9.72 Å². The fourth-order valence-corrected chi connectivity index (χ4v) is 2.09. The van der Waals surface area contributed by atoms with Gasteiger partial charge in [-0.25, -0.2) is 4.79 Å². The van der Waals surface area contributed by atoms with Crippen molar-refractivity contribution in [2.75, 3.05) is 11.5 Å². The van der Waals surface area contributed by atoms with Gasteiger partial charge in [-0.05, 0) is 13.8 Å². The summed E-state index contributed by atoms with van der Waals surface area (Å²) in [5, 5.41) is 12.3. The molecule has 7 nitrogen and oxygen atoms in total. The van der Waals surface area contributed by atoms with Gasteiger partial charge in [0.2, 0.25) is 0 Å². The SMILES string of the molecule is Cc1noc(=O)n1CCSCC(C)(N)C(=O)O. The van der Waals surface area contributed by atoms with Crippen LogP contribution >= 0.6 is 11.8 Å². The first-order valence-electron chi connectivity index (χ1n) is 4.98. The van der Waals surface area contributed by atoms with Crippen LogP contribution in [0.1, 0.15) is 12.7 Å². The predicted molar refractivity (Wildman–Crippen MR) is 63.1 cm³/mol. The lowest BCUT2D eigenvalue weighted by Crippen LogP contribution is -2.47. The third-order valence-corrected chi connectivity index (χ3v) is 3.49. The molecule has 0 saturated heterocycles. The number of hydrogen-bond acceptors (Lipinski definition) is 6. The number of carbonyl (C=O) groups is 1. The van der Waals surface area contributed by atoms with Crippen molar-refractivity contribution in [1.29, 1.82) is 0 Å². The van der Waals surface area contributed by atoms with Crippen LogP contribution in [0.3, 0.4) is 0 Å². The molecule has 0 amide bonds. The molecule has 1 unspecified atom stereocenters. The molecule has 0 radical (unpaired) electrons. The Morgan fingerprint density at radius 3 is 2.82 bits per heavy atom. The van der Waals surface area contributed by atoms with Crippen LogP contribution in [0, 0.1) is 6.92 Å². The van der Waals surface area contributed by atoms with E-state index in [1.165, 1.54) is 23.3 Å². The zero-order chi connectivity index (χ0) is 13.1. The zero-order valence-corrected chi connectivity index (χ0v) is 10.5. The Labute approximate surface area is 102 Å². The molecule has 1 aromatic heterocycles. The topological polar surface area (TPSA) is 111 Å². The quantitative estimate of drug-likeness (QED) is 0.675. The Morgan fingerprint density at radius 2 is 2.35 bits per heavy atom. The second kappa shape index (κ2) is 5.37. The number of hydrogen-bond donors (Lipinski definition) is 2. The van der Waals surface area contributed by atoms with Crippen LogP contribution in [0.25, 0.3) is 0 Å². The summed E-state index contributed by atoms with van der Waals surface area (Å²) in [7, 11) is 0. The van der Waals surface area contributed by atoms with Gasteiger partial charge in [0.1, 0.15) is 5.54 Å². The van der Waals surface area contributed by atoms with Crippen molar-refractivity contribution < 1.29 is 14.4 Å². The van der Waals surface area contributed by atoms with Gasteiger partial charge in [-0.1, -0.05) is 5.16 Å². The van der Waals surface area contributed by atoms with E-state index < -0.39 is 17.3 Å². The van der Waals surface area contributed by atoms with Gasteiger partial charge < -0.3 is 10.8 Å². The second-order valence-electron chi connectivity index (χ2n) is 3.92. The molecule has 1 rings (SSSR count). The Kier molecular flexibility index (Phi) is 4.35. The number of nitrogens with zero attached hydrogens (tertiary/aromatic N) is 2. The van der Waals surface area contributed by atoms with Crippen molar-refractivity contribution in [2.45, 2.75) is 25.9 Å². The molecule has 1 atom stereocenters. The van der Waals surface area contributed by atoms with Gasteiger partial charge in [-0.3, -0.25) is 13.9 Å². The highest BCUT2D eigenvalue weighted by Crippen LogP contribution is 2.11. The van der Waals surface area contributed by atoms with Gasteiger partial charge in [-0.2, -0.15) is 11.8 Å². The van der Waals surface area contributed by atoms with Crippen LogP contribution in [0.15, 0.2) is 9.32 Å². The molecule has 96 valence electrons. The smallest absolute Gasteiger partial charge is 0.441 e. The van der Waals surface area contributed by atoms with Crippen LogP contribution in [-0.2, 0) is 11.3 Å². The van der Waals surface area contributed by atoms with E-state index in [2.05, 4.69) is 9.68 Å². The highest BCUT2D eigenvalue weighted by atomic mass is 32.2. The van der Waals surface area contributed by atoms with Crippen LogP contribution in [-0.4, -0.2) is 37.8 Å². The van der Waals surface area contributed by atoms with Crippen molar-refractivity contribution in [2.24, 2.45) is 5.73 Å². The van der Waals surface area contributed by atoms with Gasteiger partial charge in [0.25, 0.3) is 0 Å². The molecule has 1 heterocycles. The largest absolute Gasteiger partial charge is 0.480 e. The summed E-state index contributed by atoms with van der Waals surface area (Å²) in [6.07, 6.45) is 0. The zero-order valence-electron chi connectivity index (χ0n) is 9.67. The predicted octanol–water partition coefficient (Wildman–Crippen LogP) is -0.320. The van der Waals surface area contributed by atoms with E-state index in [-0.39, 0.29) is 5.75 Å². The fraction of sp³-hybridized carbons (Fsp3) is 0.667. The molecule has 0 aliphatic rings. The molecule has 0 aromatic carbocycles. The Balaban J connectivity index is 2.40. The highest BCUT2D eigenvalue weighted by Gasteiger charge is 2.27. The molecule has 0 aliphatic heterocycles. The average Bonchev–Trinajstić information content (AvgIpc) is 2.54. The number of carboxylic acid groups (broad SMARTS) is 1. The minimum atomic E-state index is -1.25. The van der Waals surface area contributed by atoms with E-state index in [1.807, 2.05) is 0 Å². The van der Waals surface area contributed by atoms with Gasteiger partial charge >= 0.3 is 11.7 Å². The van der Waals surface area contributed by atoms with E-state index in [9.17, 15) is 9.59 Å². The minimum absolute atomic E-state index is 0.279. The number of aromatic nitrogens is 2. The van der Waals surface area contributed by atoms with Gasteiger partial charge in [0, 0.05) is 18.1 Å². The molecular formula is C9H15N3O4S. The summed E-state index contributed by atoms with van der Waals surface area (Å²) in [4.78, 5) is 21.9. The maximum absolute atomic E-state index is 11.1. The first-order chi connectivity index (χ1) is 7.84. The number of thioether (sulfide) groups is 1. The molecule has 0 saturated carbocycles. The Bertz CT molecular complexity index is 451. The highest BCUT2D eigenvalue weighted by molar-refractivity contribution is 7.99. The fourth-order valence-electron chi connectivity index (χ4n) is 1.09. The number of aliphatic carboxylic acids is 1. The van der Waals surface area contributed by atoms with E-state index in [0.29, 0.717) is 18.1 Å². The molecule has 0 fully saturated rings. The Morgan fingerprint density at radius 1 is 1.71 bits per heavy atom. The Hall–Kier alpha value is -1.28. The van der Waals surface area contributed by atoms with E-state index in [1.54, 1.807) is 6.92 Å². The van der Waals surface area contributed by atoms with Crippen LogP contribution in [0.4, 0.5) is 0 Å². The average molecular weight is 261 g/mol. The molecule has 0 spiro atoms. The summed E-state index contributed by atoms with van der Waals surface area (Å²) in [5.41, 5.74) is 4.31. The van der Waals surface area contributed by atoms with Crippen molar-refractivity contribution in [3.8, 4) is 0 Å². The number of rotatable bonds is 6. The summed E-state index contributed by atoms with van der Waals surface area (Å²) in [5.74, 6) is -0.187. The second-order valence-corrected chi connectivity index (χ2v) is 5.03. The normalized spacial score (nSPS) is 14.5. The summed E-state index contributed by atoms with van der Waals surface area (Å²) < 4.78 is 5.85. The maximum atomic E-state index is 11.1. The van der Waals surface area contributed by atoms with Gasteiger partial charge in [0.05, 0.1) is 0 Å². The van der Waals surface area contributed by atoms with Gasteiger partial charge in [-0.15, -0.1) is 0 Å². The molecule has 1 aromatic rings. The molecular weight excluding hydrogens is 246 g/mol. The molecule has 17 heavy (non-hydrogen) atoms. The van der Waals surface area contributed by atoms with E-state index in [4.69, 9.17) is 10.8 Å². The third kappa shape index (κ3) is 3.60. The molecule has 0 aliphatic carbocycles. The van der Waals surface area contributed by atoms with Crippen molar-refractivity contribution >= 4 is 17.7 Å². The number of aryl methyl sites for hydroxylation is 1. The summed E-state index contributed by atoms with van der Waals surface area (Å²) in [6, 6.07) is 0. The monoisotopic (exact) mass is 261 g/mol. The van der Waals surface area contributed by atoms with Gasteiger partial charge in [0.15, 0.2) is 5.82 Å². The number of nitrogens with two attached hydrogens (primary N) is 1. The summed E-state index contributed by atoms with van der Waals surface area (Å²) >= 11 is 1.37. The van der Waals surface area contributed by atoms with Crippen molar-refractivity contribution in [3.05, 3.63) is 16.4 Å². The van der Waals surface area contributed by atoms with Crippen LogP contribution in [0.2, 0.25) is 0 Å². The van der Waals surface area contributed by atoms with Crippen molar-refractivity contribution in [3.63, 3.8) is 0 Å². The number of carboxylic acids is 1. The van der Waals surface area contributed by atoms with E-state index >= 15 is 0 Å². The summed E-state index contributed by atoms with van der Waals surface area (Å²) in [6.45, 7) is 3.55. The molecule has 8 heteroatoms. The first kappa shape index (κ1) is 13.8. The third-order valence-electron chi connectivity index (χ3n) is 2.22. The lowest BCUT2D eigenvalue weighted by molar-refractivity contribution is -0.141. The molecule has 3 N–H and O–H groups in total. The molecule has 0 bridgehead atoms. The van der Waals surface area contributed by atoms with Crippen LogP contribution < -0.4 is 11.5 Å². The van der Waals surface area contributed by atoms with Crippen LogP contribution in [0.5, 0.6) is 0 Å². The first-order valence-corrected chi connectivity index (χ1v) is 6.13.